The van der Waals surface area contributed by atoms with E-state index in [1.54, 1.807) is 19.1 Å². The monoisotopic (exact) mass is 265 g/mol. The number of piperazine rings is 1. The average Bonchev–Trinajstić information content (AvgIpc) is 2.39. The minimum Gasteiger partial charge on any atom is -0.502 e. The highest BCUT2D eigenvalue weighted by molar-refractivity contribution is 5.56. The first-order chi connectivity index (χ1) is 9.02. The zero-order valence-electron chi connectivity index (χ0n) is 11.2. The molecule has 1 aliphatic rings. The zero-order chi connectivity index (χ0) is 14.0. The lowest BCUT2D eigenvalue weighted by molar-refractivity contribution is -0.386. The topological polar surface area (TPSA) is 78.6 Å². The van der Waals surface area contributed by atoms with Gasteiger partial charge in [-0.2, -0.15) is 0 Å². The van der Waals surface area contributed by atoms with E-state index in [0.29, 0.717) is 11.1 Å². The molecule has 1 aliphatic heterocycles. The number of benzene rings is 1. The molecule has 0 bridgehead atoms. The molecule has 1 saturated heterocycles. The van der Waals surface area contributed by atoms with Gasteiger partial charge in [0.05, 0.1) is 4.92 Å². The Hall–Kier alpha value is -1.66. The van der Waals surface area contributed by atoms with E-state index in [-0.39, 0.29) is 17.5 Å². The lowest BCUT2D eigenvalue weighted by atomic mass is 10.0. The molecule has 1 heterocycles. The van der Waals surface area contributed by atoms with Gasteiger partial charge in [0.1, 0.15) is 0 Å². The zero-order valence-corrected chi connectivity index (χ0v) is 11.2. The van der Waals surface area contributed by atoms with E-state index in [1.807, 2.05) is 6.92 Å². The van der Waals surface area contributed by atoms with Crippen molar-refractivity contribution in [3.05, 3.63) is 33.4 Å². The molecular weight excluding hydrogens is 246 g/mol. The van der Waals surface area contributed by atoms with Gasteiger partial charge in [0.25, 0.3) is 0 Å². The SMILES string of the molecule is Cc1ccc([C@H](C)N2CCNCC2)c(O)c1[N+](=O)[O-]. The number of rotatable bonds is 3. The highest BCUT2D eigenvalue weighted by atomic mass is 16.6. The van der Waals surface area contributed by atoms with Crippen LogP contribution < -0.4 is 5.32 Å². The highest BCUT2D eigenvalue weighted by Crippen LogP contribution is 2.37. The number of nitro benzene ring substituents is 1. The maximum Gasteiger partial charge on any atom is 0.313 e. The number of nitrogens with zero attached hydrogens (tertiary/aromatic N) is 2. The third kappa shape index (κ3) is 2.69. The van der Waals surface area contributed by atoms with Gasteiger partial charge in [0.2, 0.25) is 0 Å². The number of hydrogen-bond donors (Lipinski definition) is 2. The summed E-state index contributed by atoms with van der Waals surface area (Å²) in [5.74, 6) is -0.198. The van der Waals surface area contributed by atoms with Gasteiger partial charge >= 0.3 is 5.69 Å². The Morgan fingerprint density at radius 1 is 1.42 bits per heavy atom. The van der Waals surface area contributed by atoms with Gasteiger partial charge in [0.15, 0.2) is 5.75 Å². The van der Waals surface area contributed by atoms with Crippen LogP contribution in [0.25, 0.3) is 0 Å². The van der Waals surface area contributed by atoms with Crippen LogP contribution in [-0.2, 0) is 0 Å². The fourth-order valence-corrected chi connectivity index (χ4v) is 2.53. The van der Waals surface area contributed by atoms with Gasteiger partial charge in [-0.3, -0.25) is 15.0 Å². The van der Waals surface area contributed by atoms with Crippen LogP contribution >= 0.6 is 0 Å². The molecule has 6 heteroatoms. The molecule has 19 heavy (non-hydrogen) atoms. The second-order valence-electron chi connectivity index (χ2n) is 4.89. The summed E-state index contributed by atoms with van der Waals surface area (Å²) in [6.07, 6.45) is 0. The second kappa shape index (κ2) is 5.54. The van der Waals surface area contributed by atoms with Crippen molar-refractivity contribution in [1.82, 2.24) is 10.2 Å². The Kier molecular flexibility index (Phi) is 4.01. The van der Waals surface area contributed by atoms with Crippen LogP contribution in [0, 0.1) is 17.0 Å². The van der Waals surface area contributed by atoms with Crippen LogP contribution in [-0.4, -0.2) is 41.1 Å². The van der Waals surface area contributed by atoms with E-state index < -0.39 is 4.92 Å². The molecular formula is C13H19N3O3. The summed E-state index contributed by atoms with van der Waals surface area (Å²) in [6, 6.07) is 3.46. The van der Waals surface area contributed by atoms with Crippen LogP contribution in [0.1, 0.15) is 24.1 Å². The summed E-state index contributed by atoms with van der Waals surface area (Å²) in [5, 5.41) is 24.4. The molecule has 1 aromatic rings. The van der Waals surface area contributed by atoms with Gasteiger partial charge in [-0.1, -0.05) is 12.1 Å². The Bertz CT molecular complexity index is 484. The maximum atomic E-state index is 11.0. The summed E-state index contributed by atoms with van der Waals surface area (Å²) >= 11 is 0. The van der Waals surface area contributed by atoms with Crippen molar-refractivity contribution < 1.29 is 10.0 Å². The number of phenols is 1. The summed E-state index contributed by atoms with van der Waals surface area (Å²) in [4.78, 5) is 12.7. The summed E-state index contributed by atoms with van der Waals surface area (Å²) in [5.41, 5.74) is 0.928. The lowest BCUT2D eigenvalue weighted by Gasteiger charge is -2.33. The van der Waals surface area contributed by atoms with Crippen LogP contribution in [0.15, 0.2) is 12.1 Å². The van der Waals surface area contributed by atoms with Crippen LogP contribution in [0.2, 0.25) is 0 Å². The number of nitro groups is 1. The summed E-state index contributed by atoms with van der Waals surface area (Å²) in [7, 11) is 0. The number of aryl methyl sites for hydroxylation is 1. The fraction of sp³-hybridized carbons (Fsp3) is 0.538. The van der Waals surface area contributed by atoms with Crippen LogP contribution in [0.3, 0.4) is 0 Å². The van der Waals surface area contributed by atoms with E-state index in [4.69, 9.17) is 0 Å². The first-order valence-corrected chi connectivity index (χ1v) is 6.44. The largest absolute Gasteiger partial charge is 0.502 e. The smallest absolute Gasteiger partial charge is 0.313 e. The first-order valence-electron chi connectivity index (χ1n) is 6.44. The van der Waals surface area contributed by atoms with E-state index in [0.717, 1.165) is 26.2 Å². The molecule has 0 aromatic heterocycles. The molecule has 0 saturated carbocycles. The van der Waals surface area contributed by atoms with Crippen molar-refractivity contribution in [3.8, 4) is 5.75 Å². The normalized spacial score (nSPS) is 18.2. The van der Waals surface area contributed by atoms with E-state index in [1.165, 1.54) is 0 Å². The van der Waals surface area contributed by atoms with Crippen molar-refractivity contribution >= 4 is 5.69 Å². The van der Waals surface area contributed by atoms with Crippen molar-refractivity contribution in [1.29, 1.82) is 0 Å². The maximum absolute atomic E-state index is 11.0. The first kappa shape index (κ1) is 13.8. The molecule has 1 fully saturated rings. The van der Waals surface area contributed by atoms with E-state index in [9.17, 15) is 15.2 Å². The van der Waals surface area contributed by atoms with Gasteiger partial charge in [0, 0.05) is 43.3 Å². The standard InChI is InChI=1S/C13H19N3O3/c1-9-3-4-11(13(17)12(9)16(18)19)10(2)15-7-5-14-6-8-15/h3-4,10,14,17H,5-8H2,1-2H3/t10-/m0/s1. The molecule has 1 aromatic carbocycles. The molecule has 0 spiro atoms. The van der Waals surface area contributed by atoms with Gasteiger partial charge in [-0.05, 0) is 13.8 Å². The minimum absolute atomic E-state index is 0.0265. The van der Waals surface area contributed by atoms with Crippen molar-refractivity contribution in [2.75, 3.05) is 26.2 Å². The second-order valence-corrected chi connectivity index (χ2v) is 4.89. The quantitative estimate of drug-likeness (QED) is 0.640. The number of hydrogen-bond acceptors (Lipinski definition) is 5. The Labute approximate surface area is 112 Å². The Morgan fingerprint density at radius 2 is 2.05 bits per heavy atom. The summed E-state index contributed by atoms with van der Waals surface area (Å²) < 4.78 is 0. The molecule has 6 nitrogen and oxygen atoms in total. The molecule has 0 unspecified atom stereocenters. The van der Waals surface area contributed by atoms with Crippen molar-refractivity contribution in [2.24, 2.45) is 0 Å². The fourth-order valence-electron chi connectivity index (χ4n) is 2.53. The lowest BCUT2D eigenvalue weighted by Crippen LogP contribution is -2.44. The average molecular weight is 265 g/mol. The minimum atomic E-state index is -0.515. The van der Waals surface area contributed by atoms with Crippen LogP contribution in [0.5, 0.6) is 5.75 Å². The molecule has 1 atom stereocenters. The van der Waals surface area contributed by atoms with E-state index in [2.05, 4.69) is 10.2 Å². The summed E-state index contributed by atoms with van der Waals surface area (Å²) in [6.45, 7) is 7.17. The molecule has 104 valence electrons. The molecule has 0 aliphatic carbocycles. The predicted molar refractivity (Wildman–Crippen MR) is 72.4 cm³/mol. The van der Waals surface area contributed by atoms with E-state index >= 15 is 0 Å². The van der Waals surface area contributed by atoms with Crippen molar-refractivity contribution in [3.63, 3.8) is 0 Å². The number of nitrogens with one attached hydrogen (secondary N) is 1. The highest BCUT2D eigenvalue weighted by Gasteiger charge is 2.26. The third-order valence-corrected chi connectivity index (χ3v) is 3.72. The molecule has 0 amide bonds. The number of aromatic hydroxyl groups is 1. The van der Waals surface area contributed by atoms with Crippen LogP contribution in [0.4, 0.5) is 5.69 Å². The Balaban J connectivity index is 2.34. The molecule has 0 radical (unpaired) electrons. The van der Waals surface area contributed by atoms with Gasteiger partial charge < -0.3 is 10.4 Å². The predicted octanol–water partition coefficient (Wildman–Crippen LogP) is 1.58. The van der Waals surface area contributed by atoms with Gasteiger partial charge in [-0.15, -0.1) is 0 Å². The molecule has 2 N–H and O–H groups in total. The Morgan fingerprint density at radius 3 is 2.63 bits per heavy atom. The van der Waals surface area contributed by atoms with Gasteiger partial charge in [-0.25, -0.2) is 0 Å². The number of phenolic OH excluding ortho intramolecular Hbond substituents is 1. The van der Waals surface area contributed by atoms with Crippen molar-refractivity contribution in [2.45, 2.75) is 19.9 Å². The molecule has 2 rings (SSSR count). The third-order valence-electron chi connectivity index (χ3n) is 3.72.